The van der Waals surface area contributed by atoms with E-state index in [1.54, 1.807) is 37.5 Å². The number of rotatable bonds is 5. The molecular formula is C22H18FN5O. The first-order chi connectivity index (χ1) is 14.1. The summed E-state index contributed by atoms with van der Waals surface area (Å²) in [6, 6.07) is 17.3. The Bertz CT molecular complexity index is 1140. The van der Waals surface area contributed by atoms with Crippen molar-refractivity contribution in [1.29, 1.82) is 0 Å². The van der Waals surface area contributed by atoms with Crippen LogP contribution in [0.25, 0.3) is 11.3 Å². The maximum absolute atomic E-state index is 14.0. The average Bonchev–Trinajstić information content (AvgIpc) is 3.16. The fourth-order valence-corrected chi connectivity index (χ4v) is 2.86. The van der Waals surface area contributed by atoms with Gasteiger partial charge in [-0.1, -0.05) is 18.2 Å². The third kappa shape index (κ3) is 4.47. The molecule has 4 aromatic rings. The zero-order chi connectivity index (χ0) is 20.2. The van der Waals surface area contributed by atoms with Crippen LogP contribution in [-0.4, -0.2) is 20.9 Å². The predicted octanol–water partition coefficient (Wildman–Crippen LogP) is 4.92. The molecule has 3 N–H and O–H groups in total. The van der Waals surface area contributed by atoms with E-state index in [1.165, 1.54) is 12.1 Å². The average molecular weight is 387 g/mol. The van der Waals surface area contributed by atoms with Crippen molar-refractivity contribution >= 4 is 23.1 Å². The van der Waals surface area contributed by atoms with Crippen LogP contribution in [0.5, 0.6) is 0 Å². The lowest BCUT2D eigenvalue weighted by molar-refractivity contribution is 0.102. The normalized spacial score (nSPS) is 10.6. The van der Waals surface area contributed by atoms with Crippen molar-refractivity contribution in [2.24, 2.45) is 0 Å². The number of pyridine rings is 1. The third-order valence-electron chi connectivity index (χ3n) is 4.24. The summed E-state index contributed by atoms with van der Waals surface area (Å²) >= 11 is 0. The van der Waals surface area contributed by atoms with Gasteiger partial charge in [0.2, 0.25) is 0 Å². The molecule has 0 fully saturated rings. The number of imidazole rings is 1. The standard InChI is InChI=1S/C22H18FN5O/c1-14-24-13-20(26-14)15-9-16(11-17(23)10-15)22(29)28-19-7-8-21(25-12-19)27-18-5-3-2-4-6-18/h2-13H,1H3,(H,24,26)(H,25,27)(H,28,29). The summed E-state index contributed by atoms with van der Waals surface area (Å²) in [6.07, 6.45) is 3.15. The van der Waals surface area contributed by atoms with E-state index in [0.29, 0.717) is 28.6 Å². The summed E-state index contributed by atoms with van der Waals surface area (Å²) in [4.78, 5) is 24.0. The molecule has 0 saturated heterocycles. The van der Waals surface area contributed by atoms with Crippen LogP contribution >= 0.6 is 0 Å². The second-order valence-corrected chi connectivity index (χ2v) is 6.49. The van der Waals surface area contributed by atoms with Crippen LogP contribution in [0.3, 0.4) is 0 Å². The number of aryl methyl sites for hydroxylation is 1. The number of nitrogens with zero attached hydrogens (tertiary/aromatic N) is 2. The predicted molar refractivity (Wildman–Crippen MR) is 111 cm³/mol. The Morgan fingerprint density at radius 2 is 1.79 bits per heavy atom. The number of halogens is 1. The molecule has 0 aliphatic heterocycles. The van der Waals surface area contributed by atoms with Crippen molar-refractivity contribution in [3.05, 3.63) is 90.3 Å². The minimum Gasteiger partial charge on any atom is -0.342 e. The van der Waals surface area contributed by atoms with Gasteiger partial charge in [-0.3, -0.25) is 4.79 Å². The molecule has 1 amide bonds. The molecule has 0 spiro atoms. The number of hydrogen-bond acceptors (Lipinski definition) is 4. The van der Waals surface area contributed by atoms with Gasteiger partial charge in [0, 0.05) is 16.8 Å². The van der Waals surface area contributed by atoms with E-state index in [4.69, 9.17) is 0 Å². The smallest absolute Gasteiger partial charge is 0.255 e. The summed E-state index contributed by atoms with van der Waals surface area (Å²) in [5, 5.41) is 5.91. The summed E-state index contributed by atoms with van der Waals surface area (Å²) in [7, 11) is 0. The summed E-state index contributed by atoms with van der Waals surface area (Å²) in [6.45, 7) is 1.81. The Hall–Kier alpha value is -4.00. The summed E-state index contributed by atoms with van der Waals surface area (Å²) in [5.41, 5.74) is 2.83. The van der Waals surface area contributed by atoms with Gasteiger partial charge in [0.05, 0.1) is 23.8 Å². The first-order valence-electron chi connectivity index (χ1n) is 8.99. The monoisotopic (exact) mass is 387 g/mol. The number of H-pyrrole nitrogens is 1. The first kappa shape index (κ1) is 18.4. The fraction of sp³-hybridized carbons (Fsp3) is 0.0455. The molecule has 7 heteroatoms. The molecular weight excluding hydrogens is 369 g/mol. The molecule has 144 valence electrons. The SMILES string of the molecule is Cc1ncc(-c2cc(F)cc(C(=O)Nc3ccc(Nc4ccccc4)nc3)c2)[nH]1. The second kappa shape index (κ2) is 7.93. The van der Waals surface area contributed by atoms with Gasteiger partial charge >= 0.3 is 0 Å². The van der Waals surface area contributed by atoms with E-state index >= 15 is 0 Å². The van der Waals surface area contributed by atoms with Gasteiger partial charge in [0.1, 0.15) is 17.5 Å². The lowest BCUT2D eigenvalue weighted by Crippen LogP contribution is -2.12. The number of nitrogens with one attached hydrogen (secondary N) is 3. The number of carbonyl (C=O) groups excluding carboxylic acids is 1. The van der Waals surface area contributed by atoms with E-state index in [9.17, 15) is 9.18 Å². The minimum absolute atomic E-state index is 0.207. The maximum Gasteiger partial charge on any atom is 0.255 e. The fourth-order valence-electron chi connectivity index (χ4n) is 2.86. The maximum atomic E-state index is 14.0. The molecule has 2 aromatic carbocycles. The van der Waals surface area contributed by atoms with Gasteiger partial charge in [-0.05, 0) is 49.4 Å². The zero-order valence-corrected chi connectivity index (χ0v) is 15.6. The van der Waals surface area contributed by atoms with E-state index in [0.717, 1.165) is 5.69 Å². The van der Waals surface area contributed by atoms with Crippen molar-refractivity contribution in [2.75, 3.05) is 10.6 Å². The molecule has 0 atom stereocenters. The van der Waals surface area contributed by atoms with Gasteiger partial charge in [-0.25, -0.2) is 14.4 Å². The molecule has 0 bridgehead atoms. The minimum atomic E-state index is -0.500. The second-order valence-electron chi connectivity index (χ2n) is 6.49. The Morgan fingerprint density at radius 1 is 0.966 bits per heavy atom. The zero-order valence-electron chi connectivity index (χ0n) is 15.6. The molecule has 6 nitrogen and oxygen atoms in total. The Kier molecular flexibility index (Phi) is 5.03. The molecule has 2 aromatic heterocycles. The highest BCUT2D eigenvalue weighted by atomic mass is 19.1. The van der Waals surface area contributed by atoms with E-state index < -0.39 is 11.7 Å². The summed E-state index contributed by atoms with van der Waals surface area (Å²) < 4.78 is 14.0. The molecule has 0 aliphatic carbocycles. The van der Waals surface area contributed by atoms with E-state index in [-0.39, 0.29) is 5.56 Å². The number of anilines is 3. The highest BCUT2D eigenvalue weighted by Crippen LogP contribution is 2.22. The van der Waals surface area contributed by atoms with Gasteiger partial charge in [-0.2, -0.15) is 0 Å². The van der Waals surface area contributed by atoms with E-state index in [1.807, 2.05) is 30.3 Å². The molecule has 0 saturated carbocycles. The summed E-state index contributed by atoms with van der Waals surface area (Å²) in [5.74, 6) is 0.440. The van der Waals surface area contributed by atoms with Crippen molar-refractivity contribution in [1.82, 2.24) is 15.0 Å². The van der Waals surface area contributed by atoms with Crippen LogP contribution in [0.1, 0.15) is 16.2 Å². The highest BCUT2D eigenvalue weighted by molar-refractivity contribution is 6.04. The Morgan fingerprint density at radius 3 is 2.48 bits per heavy atom. The van der Waals surface area contributed by atoms with Crippen LogP contribution in [-0.2, 0) is 0 Å². The Labute approximate surface area is 166 Å². The van der Waals surface area contributed by atoms with Crippen molar-refractivity contribution in [3.8, 4) is 11.3 Å². The van der Waals surface area contributed by atoms with Crippen molar-refractivity contribution in [3.63, 3.8) is 0 Å². The topological polar surface area (TPSA) is 82.7 Å². The molecule has 0 unspecified atom stereocenters. The highest BCUT2D eigenvalue weighted by Gasteiger charge is 2.12. The van der Waals surface area contributed by atoms with Crippen LogP contribution < -0.4 is 10.6 Å². The van der Waals surface area contributed by atoms with Gasteiger partial charge in [0.15, 0.2) is 0 Å². The lowest BCUT2D eigenvalue weighted by Gasteiger charge is -2.09. The number of hydrogen-bond donors (Lipinski definition) is 3. The van der Waals surface area contributed by atoms with E-state index in [2.05, 4.69) is 25.6 Å². The number of amides is 1. The lowest BCUT2D eigenvalue weighted by atomic mass is 10.1. The number of aromatic amines is 1. The van der Waals surface area contributed by atoms with Crippen LogP contribution in [0, 0.1) is 12.7 Å². The molecule has 0 radical (unpaired) electrons. The van der Waals surface area contributed by atoms with Crippen LogP contribution in [0.4, 0.5) is 21.6 Å². The quantitative estimate of drug-likeness (QED) is 0.454. The van der Waals surface area contributed by atoms with Crippen molar-refractivity contribution < 1.29 is 9.18 Å². The van der Waals surface area contributed by atoms with Gasteiger partial charge in [0.25, 0.3) is 5.91 Å². The number of aromatic nitrogens is 3. The first-order valence-corrected chi connectivity index (χ1v) is 8.99. The van der Waals surface area contributed by atoms with Gasteiger partial charge in [-0.15, -0.1) is 0 Å². The number of benzene rings is 2. The number of carbonyl (C=O) groups is 1. The molecule has 2 heterocycles. The molecule has 29 heavy (non-hydrogen) atoms. The molecule has 4 rings (SSSR count). The number of para-hydroxylation sites is 1. The Balaban J connectivity index is 1.48. The molecule has 0 aliphatic rings. The third-order valence-corrected chi connectivity index (χ3v) is 4.24. The van der Waals surface area contributed by atoms with Crippen molar-refractivity contribution in [2.45, 2.75) is 6.92 Å². The van der Waals surface area contributed by atoms with Crippen LogP contribution in [0.2, 0.25) is 0 Å². The van der Waals surface area contributed by atoms with Gasteiger partial charge < -0.3 is 15.6 Å². The largest absolute Gasteiger partial charge is 0.342 e. The van der Waals surface area contributed by atoms with Crippen LogP contribution in [0.15, 0.2) is 73.1 Å².